The van der Waals surface area contributed by atoms with Gasteiger partial charge in [-0.15, -0.1) is 0 Å². The lowest BCUT2D eigenvalue weighted by Crippen LogP contribution is -1.98. The van der Waals surface area contributed by atoms with Crippen molar-refractivity contribution < 1.29 is 9.90 Å². The molecule has 0 aromatic carbocycles. The lowest BCUT2D eigenvalue weighted by atomic mass is 9.27. The van der Waals surface area contributed by atoms with Crippen LogP contribution >= 0.6 is 0 Å². The number of rotatable bonds is 2. The average Bonchev–Trinajstić information content (AvgIpc) is 1.66. The molecule has 0 amide bonds. The Kier molecular flexibility index (Phi) is 13.5. The minimum atomic E-state index is -0.833. The van der Waals surface area contributed by atoms with Crippen molar-refractivity contribution in [2.75, 3.05) is 0 Å². The van der Waals surface area contributed by atoms with Crippen LogP contribution in [0.25, 0.3) is 0 Å². The first-order chi connectivity index (χ1) is 4.15. The summed E-state index contributed by atoms with van der Waals surface area (Å²) in [6.45, 7) is 3.30. The largest absolute Gasteiger partial charge is 0.481 e. The monoisotopic (exact) mass is 126 g/mol. The predicted molar refractivity (Wildman–Crippen MR) is 46.6 cm³/mol. The fraction of sp³-hybridized carbons (Fsp3) is 0.750. The van der Waals surface area contributed by atoms with E-state index < -0.39 is 5.97 Å². The van der Waals surface area contributed by atoms with Gasteiger partial charge in [0.25, 0.3) is 5.97 Å². The molecule has 0 saturated heterocycles. The molecule has 50 valence electrons. The van der Waals surface area contributed by atoms with Crippen molar-refractivity contribution >= 4 is 27.9 Å². The molecule has 0 saturated carbocycles. The highest BCUT2D eigenvalue weighted by Crippen LogP contribution is 1.63. The van der Waals surface area contributed by atoms with E-state index in [-0.39, 0.29) is 0 Å². The Hall–Kier alpha value is -0.335. The molecule has 9 heavy (non-hydrogen) atoms. The molecule has 0 unspecified atom stereocenters. The molecule has 5 heteroatoms. The molecule has 0 rings (SSSR count). The maximum atomic E-state index is 9.00. The first kappa shape index (κ1) is 11.5. The van der Waals surface area contributed by atoms with Crippen molar-refractivity contribution in [3.05, 3.63) is 0 Å². The van der Waals surface area contributed by atoms with Gasteiger partial charge in [-0.05, 0) is 0 Å². The minimum Gasteiger partial charge on any atom is -0.481 e. The summed E-state index contributed by atoms with van der Waals surface area (Å²) >= 11 is 0. The maximum absolute atomic E-state index is 9.00. The Labute approximate surface area is 58.9 Å². The van der Waals surface area contributed by atoms with Gasteiger partial charge in [0.2, 0.25) is 0 Å². The normalized spacial score (nSPS) is 6.44. The van der Waals surface area contributed by atoms with Crippen LogP contribution in [0.3, 0.4) is 0 Å². The average molecular weight is 126 g/mol. The van der Waals surface area contributed by atoms with E-state index in [0.717, 1.165) is 6.92 Å². The van der Waals surface area contributed by atoms with Gasteiger partial charge < -0.3 is 5.11 Å². The molecule has 0 aromatic heterocycles. The smallest absolute Gasteiger partial charge is 0.300 e. The third-order valence-corrected chi connectivity index (χ3v) is 0.707. The number of aliphatic carboxylic acids is 1. The highest BCUT2D eigenvalue weighted by atomic mass is 16.4. The van der Waals surface area contributed by atoms with Crippen molar-refractivity contribution in [2.45, 2.75) is 20.2 Å². The van der Waals surface area contributed by atoms with Crippen LogP contribution in [0.4, 0.5) is 0 Å². The Balaban J connectivity index is 0. The van der Waals surface area contributed by atoms with Gasteiger partial charge >= 0.3 is 0 Å². The molecule has 0 fully saturated rings. The van der Waals surface area contributed by atoms with Gasteiger partial charge in [-0.25, -0.2) is 0 Å². The van der Waals surface area contributed by atoms with Crippen LogP contribution in [0.2, 0.25) is 6.32 Å². The molecule has 1 N–H and O–H groups in total. The van der Waals surface area contributed by atoms with E-state index in [1.54, 1.807) is 0 Å². The topological polar surface area (TPSA) is 37.3 Å². The zero-order valence-corrected chi connectivity index (χ0v) is 6.48. The summed E-state index contributed by atoms with van der Waals surface area (Å²) in [6, 6.07) is 0. The van der Waals surface area contributed by atoms with Crippen LogP contribution in [0.1, 0.15) is 13.8 Å². The number of carbonyl (C=O) groups is 1. The van der Waals surface area contributed by atoms with Gasteiger partial charge in [0, 0.05) is 6.92 Å². The molecule has 0 radical (unpaired) electrons. The van der Waals surface area contributed by atoms with Crippen LogP contribution in [-0.4, -0.2) is 33.0 Å². The number of carboxylic acids is 1. The van der Waals surface area contributed by atoms with Crippen molar-refractivity contribution in [3.63, 3.8) is 0 Å². The van der Waals surface area contributed by atoms with Crippen LogP contribution in [-0.2, 0) is 4.79 Å². The third-order valence-electron chi connectivity index (χ3n) is 0.707. The fourth-order valence-corrected chi connectivity index (χ4v) is 0.354. The second-order valence-electron chi connectivity index (χ2n) is 1.87. The number of hydrogen-bond acceptors (Lipinski definition) is 1. The van der Waals surface area contributed by atoms with Crippen molar-refractivity contribution in [2.24, 2.45) is 0 Å². The first-order valence-electron chi connectivity index (χ1n) is 3.34. The molecule has 0 aliphatic rings. The van der Waals surface area contributed by atoms with E-state index in [1.807, 2.05) is 0 Å². The summed E-state index contributed by atoms with van der Waals surface area (Å²) in [6.07, 6.45) is 1.34. The molecular formula is C4H13B3O2. The van der Waals surface area contributed by atoms with E-state index in [1.165, 1.54) is 20.6 Å². The second-order valence-corrected chi connectivity index (χ2v) is 1.87. The van der Waals surface area contributed by atoms with E-state index in [9.17, 15) is 0 Å². The lowest BCUT2D eigenvalue weighted by Gasteiger charge is -1.72. The standard InChI is InChI=1S/C2H9B3.C2H4O2/c1-2-4-5-3;1-2(3)4/h4-5H,2-3H2,1H3;1H3,(H,3,4). The molecule has 2 nitrogen and oxygen atoms in total. The van der Waals surface area contributed by atoms with Gasteiger partial charge in [0.05, 0.1) is 22.0 Å². The minimum absolute atomic E-state index is 0.833. The quantitative estimate of drug-likeness (QED) is 0.474. The number of carboxylic acid groups (broad SMARTS) is 1. The summed E-state index contributed by atoms with van der Waals surface area (Å²) < 4.78 is 0. The Bertz CT molecular complexity index is 60.8. The first-order valence-corrected chi connectivity index (χ1v) is 3.34. The summed E-state index contributed by atoms with van der Waals surface area (Å²) in [7, 11) is 4.94. The van der Waals surface area contributed by atoms with E-state index in [2.05, 4.69) is 14.7 Å². The summed E-state index contributed by atoms with van der Waals surface area (Å²) in [5, 5.41) is 7.42. The fourth-order valence-electron chi connectivity index (χ4n) is 0.354. The predicted octanol–water partition coefficient (Wildman–Crippen LogP) is -1.15. The molecule has 0 aliphatic heterocycles. The molecular weight excluding hydrogens is 112 g/mol. The van der Waals surface area contributed by atoms with Gasteiger partial charge in [-0.3, -0.25) is 4.79 Å². The van der Waals surface area contributed by atoms with Crippen molar-refractivity contribution in [3.8, 4) is 0 Å². The second kappa shape index (κ2) is 10.6. The van der Waals surface area contributed by atoms with Crippen LogP contribution in [0.5, 0.6) is 0 Å². The lowest BCUT2D eigenvalue weighted by molar-refractivity contribution is -0.134. The number of hydrogen-bond donors (Lipinski definition) is 1. The van der Waals surface area contributed by atoms with Crippen molar-refractivity contribution in [1.29, 1.82) is 0 Å². The molecule has 0 aromatic rings. The van der Waals surface area contributed by atoms with Crippen LogP contribution in [0.15, 0.2) is 0 Å². The summed E-state index contributed by atoms with van der Waals surface area (Å²) in [4.78, 5) is 9.00. The van der Waals surface area contributed by atoms with Gasteiger partial charge in [0.1, 0.15) is 0 Å². The SMILES string of the molecule is BBBCC.CC(=O)O. The molecule has 0 heterocycles. The summed E-state index contributed by atoms with van der Waals surface area (Å²) in [5.74, 6) is -0.833. The third kappa shape index (κ3) is 88.7. The summed E-state index contributed by atoms with van der Waals surface area (Å²) in [5.41, 5.74) is 0. The molecule has 0 spiro atoms. The molecule has 0 aliphatic carbocycles. The zero-order chi connectivity index (χ0) is 7.70. The Morgan fingerprint density at radius 3 is 2.11 bits per heavy atom. The van der Waals surface area contributed by atoms with Crippen LogP contribution in [0, 0.1) is 0 Å². The van der Waals surface area contributed by atoms with E-state index in [4.69, 9.17) is 9.90 Å². The molecule has 0 bridgehead atoms. The highest BCUT2D eigenvalue weighted by Gasteiger charge is 1.75. The molecule has 0 atom stereocenters. The van der Waals surface area contributed by atoms with E-state index in [0.29, 0.717) is 0 Å². The Morgan fingerprint density at radius 1 is 1.78 bits per heavy atom. The Morgan fingerprint density at radius 2 is 2.11 bits per heavy atom. The zero-order valence-electron chi connectivity index (χ0n) is 6.48. The highest BCUT2D eigenvalue weighted by molar-refractivity contribution is 7.23. The van der Waals surface area contributed by atoms with Gasteiger partial charge in [-0.1, -0.05) is 13.2 Å². The van der Waals surface area contributed by atoms with Crippen LogP contribution < -0.4 is 0 Å². The van der Waals surface area contributed by atoms with E-state index >= 15 is 0 Å². The van der Waals surface area contributed by atoms with Gasteiger partial charge in [0.15, 0.2) is 0 Å². The maximum Gasteiger partial charge on any atom is 0.300 e. The van der Waals surface area contributed by atoms with Gasteiger partial charge in [-0.2, -0.15) is 0 Å². The van der Waals surface area contributed by atoms with Crippen molar-refractivity contribution in [1.82, 2.24) is 0 Å².